The summed E-state index contributed by atoms with van der Waals surface area (Å²) in [5, 5.41) is 1.92. The summed E-state index contributed by atoms with van der Waals surface area (Å²) in [6.07, 6.45) is 0. The van der Waals surface area contributed by atoms with Crippen LogP contribution in [-0.2, 0) is 0 Å². The number of hydrogen-bond acceptors (Lipinski definition) is 3. The third kappa shape index (κ3) is 1.87. The highest BCUT2D eigenvalue weighted by Gasteiger charge is 2.15. The van der Waals surface area contributed by atoms with Crippen molar-refractivity contribution in [2.24, 2.45) is 0 Å². The van der Waals surface area contributed by atoms with Gasteiger partial charge in [-0.1, -0.05) is 18.2 Å². The summed E-state index contributed by atoms with van der Waals surface area (Å²) < 4.78 is 6.96. The Bertz CT molecular complexity index is 1190. The standard InChI is InChI=1S/C16H7Br2NO3/c17-9-5-8-11(6-10(9)18)19-15(20)13-7-3-1-2-4-12(7)22-16(21)14(8)13/h1-6H,(H,19,20). The number of fused-ring (bicyclic) bond motifs is 5. The first kappa shape index (κ1) is 13.7. The Hall–Kier alpha value is -1.92. The second kappa shape index (κ2) is 4.79. The van der Waals surface area contributed by atoms with Gasteiger partial charge >= 0.3 is 5.63 Å². The quantitative estimate of drug-likeness (QED) is 0.340. The molecule has 0 aliphatic heterocycles. The lowest BCUT2D eigenvalue weighted by Crippen LogP contribution is -2.12. The van der Waals surface area contributed by atoms with E-state index in [0.29, 0.717) is 32.6 Å². The molecule has 0 unspecified atom stereocenters. The maximum atomic E-state index is 12.5. The second-order valence-corrected chi connectivity index (χ2v) is 6.61. The van der Waals surface area contributed by atoms with Crippen molar-refractivity contribution in [3.63, 3.8) is 0 Å². The van der Waals surface area contributed by atoms with Crippen LogP contribution in [0.25, 0.3) is 32.6 Å². The van der Waals surface area contributed by atoms with E-state index in [-0.39, 0.29) is 5.56 Å². The molecular weight excluding hydrogens is 414 g/mol. The van der Waals surface area contributed by atoms with Gasteiger partial charge in [-0.2, -0.15) is 0 Å². The molecule has 2 aromatic heterocycles. The minimum atomic E-state index is -0.515. The maximum absolute atomic E-state index is 12.5. The zero-order chi connectivity index (χ0) is 15.4. The van der Waals surface area contributed by atoms with Crippen molar-refractivity contribution in [1.29, 1.82) is 0 Å². The Morgan fingerprint density at radius 2 is 1.64 bits per heavy atom. The zero-order valence-corrected chi connectivity index (χ0v) is 14.1. The van der Waals surface area contributed by atoms with Crippen LogP contribution in [0, 0.1) is 0 Å². The molecule has 0 amide bonds. The number of nitrogens with one attached hydrogen (secondary N) is 1. The van der Waals surface area contributed by atoms with Crippen LogP contribution in [0.3, 0.4) is 0 Å². The highest BCUT2D eigenvalue weighted by molar-refractivity contribution is 9.13. The fourth-order valence-corrected chi connectivity index (χ4v) is 3.36. The zero-order valence-electron chi connectivity index (χ0n) is 10.9. The summed E-state index contributed by atoms with van der Waals surface area (Å²) in [5.74, 6) is 0. The average Bonchev–Trinajstić information content (AvgIpc) is 2.49. The third-order valence-electron chi connectivity index (χ3n) is 3.62. The molecule has 4 rings (SSSR count). The molecule has 108 valence electrons. The molecule has 4 nitrogen and oxygen atoms in total. The van der Waals surface area contributed by atoms with Gasteiger partial charge in [0.2, 0.25) is 0 Å². The number of para-hydroxylation sites is 1. The minimum absolute atomic E-state index is 0.297. The molecule has 0 bridgehead atoms. The molecule has 1 N–H and O–H groups in total. The number of aromatic amines is 1. The summed E-state index contributed by atoms with van der Waals surface area (Å²) in [6.45, 7) is 0. The summed E-state index contributed by atoms with van der Waals surface area (Å²) in [5.41, 5.74) is 0.163. The highest BCUT2D eigenvalue weighted by Crippen LogP contribution is 2.31. The first-order chi connectivity index (χ1) is 10.6. The predicted molar refractivity (Wildman–Crippen MR) is 93.5 cm³/mol. The van der Waals surface area contributed by atoms with Gasteiger partial charge in [-0.15, -0.1) is 0 Å². The van der Waals surface area contributed by atoms with Gasteiger partial charge < -0.3 is 9.40 Å². The number of aromatic nitrogens is 1. The molecule has 0 saturated carbocycles. The molecule has 0 radical (unpaired) electrons. The van der Waals surface area contributed by atoms with E-state index in [1.807, 2.05) is 6.07 Å². The maximum Gasteiger partial charge on any atom is 0.345 e. The van der Waals surface area contributed by atoms with Gasteiger partial charge in [0.15, 0.2) is 0 Å². The normalized spacial score (nSPS) is 11.5. The van der Waals surface area contributed by atoms with E-state index in [1.165, 1.54) is 0 Å². The molecule has 0 saturated heterocycles. The van der Waals surface area contributed by atoms with E-state index in [0.717, 1.165) is 8.95 Å². The topological polar surface area (TPSA) is 63.1 Å². The van der Waals surface area contributed by atoms with Crippen LogP contribution in [0.1, 0.15) is 0 Å². The molecule has 6 heteroatoms. The van der Waals surface area contributed by atoms with Crippen molar-refractivity contribution < 1.29 is 4.42 Å². The molecule has 0 atom stereocenters. The van der Waals surface area contributed by atoms with E-state index in [9.17, 15) is 9.59 Å². The molecule has 2 aromatic carbocycles. The third-order valence-corrected chi connectivity index (χ3v) is 5.46. The smallest absolute Gasteiger partial charge is 0.345 e. The largest absolute Gasteiger partial charge is 0.422 e. The van der Waals surface area contributed by atoms with E-state index in [2.05, 4.69) is 36.8 Å². The summed E-state index contributed by atoms with van der Waals surface area (Å²) in [6, 6.07) is 10.6. The number of benzene rings is 2. The molecule has 22 heavy (non-hydrogen) atoms. The van der Waals surface area contributed by atoms with Crippen molar-refractivity contribution in [3.8, 4) is 0 Å². The van der Waals surface area contributed by atoms with Gasteiger partial charge in [0.05, 0.1) is 16.3 Å². The van der Waals surface area contributed by atoms with Crippen molar-refractivity contribution in [1.82, 2.24) is 4.98 Å². The molecule has 0 aliphatic carbocycles. The fourth-order valence-electron chi connectivity index (χ4n) is 2.67. The summed E-state index contributed by atoms with van der Waals surface area (Å²) >= 11 is 6.82. The monoisotopic (exact) mass is 419 g/mol. The van der Waals surface area contributed by atoms with Gasteiger partial charge in [-0.25, -0.2) is 4.79 Å². The number of pyridine rings is 1. The van der Waals surface area contributed by atoms with Crippen molar-refractivity contribution >= 4 is 64.5 Å². The summed E-state index contributed by atoms with van der Waals surface area (Å²) in [4.78, 5) is 27.7. The van der Waals surface area contributed by atoms with Crippen LogP contribution in [0.2, 0.25) is 0 Å². The first-order valence-corrected chi connectivity index (χ1v) is 8.01. The average molecular weight is 421 g/mol. The Balaban J connectivity index is 2.42. The van der Waals surface area contributed by atoms with Crippen LogP contribution in [0.5, 0.6) is 0 Å². The SMILES string of the molecule is O=c1oc2ccccc2c2c(=O)[nH]c3cc(Br)c(Br)cc3c12. The molecule has 4 aromatic rings. The van der Waals surface area contributed by atoms with Crippen molar-refractivity contribution in [2.45, 2.75) is 0 Å². The van der Waals surface area contributed by atoms with E-state index in [1.54, 1.807) is 30.3 Å². The van der Waals surface area contributed by atoms with Crippen molar-refractivity contribution in [3.05, 3.63) is 66.1 Å². The summed E-state index contributed by atoms with van der Waals surface area (Å²) in [7, 11) is 0. The predicted octanol–water partition coefficient (Wildman–Crippen LogP) is 4.31. The molecule has 0 aliphatic rings. The van der Waals surface area contributed by atoms with Gasteiger partial charge in [0, 0.05) is 19.7 Å². The molecule has 0 fully saturated rings. The number of H-pyrrole nitrogens is 1. The lowest BCUT2D eigenvalue weighted by molar-refractivity contribution is 0.570. The van der Waals surface area contributed by atoms with Crippen LogP contribution < -0.4 is 11.2 Å². The van der Waals surface area contributed by atoms with Crippen LogP contribution in [0.15, 0.2) is 59.3 Å². The van der Waals surface area contributed by atoms with E-state index in [4.69, 9.17) is 4.42 Å². The minimum Gasteiger partial charge on any atom is -0.422 e. The number of halogens is 2. The number of hydrogen-bond donors (Lipinski definition) is 1. The highest BCUT2D eigenvalue weighted by atomic mass is 79.9. The van der Waals surface area contributed by atoms with E-state index >= 15 is 0 Å². The van der Waals surface area contributed by atoms with Gasteiger partial charge in [-0.05, 0) is 50.1 Å². The lowest BCUT2D eigenvalue weighted by atomic mass is 10.1. The van der Waals surface area contributed by atoms with Gasteiger partial charge in [-0.3, -0.25) is 4.79 Å². The first-order valence-electron chi connectivity index (χ1n) is 6.43. The Kier molecular flexibility index (Phi) is 2.99. The second-order valence-electron chi connectivity index (χ2n) is 4.90. The molecule has 0 spiro atoms. The van der Waals surface area contributed by atoms with Crippen molar-refractivity contribution in [2.75, 3.05) is 0 Å². The Morgan fingerprint density at radius 3 is 2.45 bits per heavy atom. The van der Waals surface area contributed by atoms with Crippen LogP contribution in [0.4, 0.5) is 0 Å². The lowest BCUT2D eigenvalue weighted by Gasteiger charge is -2.07. The number of rotatable bonds is 0. The Labute approximate surface area is 140 Å². The fraction of sp³-hybridized carbons (Fsp3) is 0. The van der Waals surface area contributed by atoms with Crippen LogP contribution in [-0.4, -0.2) is 4.98 Å². The van der Waals surface area contributed by atoms with Gasteiger partial charge in [0.1, 0.15) is 5.58 Å². The van der Waals surface area contributed by atoms with Crippen LogP contribution >= 0.6 is 31.9 Å². The Morgan fingerprint density at radius 1 is 0.909 bits per heavy atom. The van der Waals surface area contributed by atoms with Gasteiger partial charge in [0.25, 0.3) is 5.56 Å². The molecular formula is C16H7Br2NO3. The molecule has 2 heterocycles. The van der Waals surface area contributed by atoms with E-state index < -0.39 is 5.63 Å².